The van der Waals surface area contributed by atoms with Crippen LogP contribution in [0.2, 0.25) is 0 Å². The van der Waals surface area contributed by atoms with Crippen LogP contribution in [0.25, 0.3) is 0 Å². The summed E-state index contributed by atoms with van der Waals surface area (Å²) in [7, 11) is 1.20. The van der Waals surface area contributed by atoms with Crippen LogP contribution >= 0.6 is 31.9 Å². The molecule has 0 fully saturated rings. The third-order valence-electron chi connectivity index (χ3n) is 2.09. The Hall–Kier alpha value is -0.560. The Morgan fingerprint density at radius 1 is 1.59 bits per heavy atom. The van der Waals surface area contributed by atoms with Crippen LogP contribution < -0.4 is 0 Å². The Bertz CT molecular complexity index is 427. The summed E-state index contributed by atoms with van der Waals surface area (Å²) in [5.41, 5.74) is 0.229. The average molecular weight is 373 g/mol. The molecule has 1 heterocycles. The number of carbonyl (C=O) groups excluding carboxylic acids is 1. The molecule has 0 radical (unpaired) electrons. The van der Waals surface area contributed by atoms with Gasteiger partial charge in [-0.05, 0) is 27.6 Å². The molecule has 3 nitrogen and oxygen atoms in total. The van der Waals surface area contributed by atoms with Gasteiger partial charge < -0.3 is 4.74 Å². The van der Waals surface area contributed by atoms with Crippen molar-refractivity contribution in [3.05, 3.63) is 27.5 Å². The molecule has 1 aromatic heterocycles. The summed E-state index contributed by atoms with van der Waals surface area (Å²) in [5, 5.41) is 0.266. The summed E-state index contributed by atoms with van der Waals surface area (Å²) in [5.74, 6) is -0.599. The summed E-state index contributed by atoms with van der Waals surface area (Å²) in [6.45, 7) is 0. The number of hydrogen-bond acceptors (Lipinski definition) is 3. The van der Waals surface area contributed by atoms with E-state index in [2.05, 4.69) is 41.6 Å². The summed E-state index contributed by atoms with van der Waals surface area (Å²) in [6, 6.07) is 1.50. The van der Waals surface area contributed by atoms with Crippen LogP contribution in [0.5, 0.6) is 0 Å². The van der Waals surface area contributed by atoms with E-state index in [0.717, 1.165) is 0 Å². The van der Waals surface area contributed by atoms with Gasteiger partial charge in [-0.3, -0.25) is 4.79 Å². The number of methoxy groups -OCH3 is 1. The summed E-state index contributed by atoms with van der Waals surface area (Å²) >= 11 is 6.25. The first kappa shape index (κ1) is 14.5. The van der Waals surface area contributed by atoms with Gasteiger partial charge in [-0.2, -0.15) is 0 Å². The monoisotopic (exact) mass is 371 g/mol. The van der Waals surface area contributed by atoms with Gasteiger partial charge in [0.1, 0.15) is 4.60 Å². The molecule has 0 saturated carbocycles. The zero-order chi connectivity index (χ0) is 13.0. The predicted molar refractivity (Wildman–Crippen MR) is 65.2 cm³/mol. The van der Waals surface area contributed by atoms with Crippen LogP contribution in [0.1, 0.15) is 23.2 Å². The van der Waals surface area contributed by atoms with Gasteiger partial charge in [0.2, 0.25) is 0 Å². The number of carbonyl (C=O) groups is 1. The molecule has 94 valence electrons. The number of halogens is 4. The predicted octanol–water partition coefficient (Wildman–Crippen LogP) is 3.39. The molecule has 0 unspecified atom stereocenters. The van der Waals surface area contributed by atoms with Crippen LogP contribution in [-0.2, 0) is 21.3 Å². The van der Waals surface area contributed by atoms with Gasteiger partial charge in [0.05, 0.1) is 19.2 Å². The Morgan fingerprint density at radius 3 is 2.71 bits per heavy atom. The van der Waals surface area contributed by atoms with Crippen LogP contribution in [0.4, 0.5) is 8.78 Å². The van der Waals surface area contributed by atoms with Crippen molar-refractivity contribution >= 4 is 37.8 Å². The van der Waals surface area contributed by atoms with E-state index >= 15 is 0 Å². The van der Waals surface area contributed by atoms with Gasteiger partial charge in [0, 0.05) is 10.9 Å². The first-order valence-corrected chi connectivity index (χ1v) is 6.50. The maximum atomic E-state index is 12.9. The van der Waals surface area contributed by atoms with Crippen LogP contribution in [-0.4, -0.2) is 18.1 Å². The molecule has 0 bridgehead atoms. The molecule has 0 aliphatic rings. The number of ether oxygens (including phenoxy) is 1. The van der Waals surface area contributed by atoms with E-state index in [-0.39, 0.29) is 23.0 Å². The molecule has 0 atom stereocenters. The van der Waals surface area contributed by atoms with Gasteiger partial charge in [0.25, 0.3) is 6.43 Å². The number of aromatic nitrogens is 1. The SMILES string of the molecule is COC(=O)Cc1nc(Br)cc(CBr)c1C(F)F. The van der Waals surface area contributed by atoms with Crippen molar-refractivity contribution in [3.8, 4) is 0 Å². The highest BCUT2D eigenvalue weighted by atomic mass is 79.9. The summed E-state index contributed by atoms with van der Waals surface area (Å²) < 4.78 is 30.7. The number of pyridine rings is 1. The number of esters is 1. The van der Waals surface area contributed by atoms with E-state index in [9.17, 15) is 13.6 Å². The lowest BCUT2D eigenvalue weighted by molar-refractivity contribution is -0.139. The van der Waals surface area contributed by atoms with Crippen molar-refractivity contribution in [1.29, 1.82) is 0 Å². The lowest BCUT2D eigenvalue weighted by atomic mass is 10.1. The zero-order valence-electron chi connectivity index (χ0n) is 8.84. The largest absolute Gasteiger partial charge is 0.469 e. The molecule has 0 aromatic carbocycles. The number of rotatable bonds is 4. The second-order valence-electron chi connectivity index (χ2n) is 3.15. The van der Waals surface area contributed by atoms with Crippen molar-refractivity contribution in [2.75, 3.05) is 7.11 Å². The maximum absolute atomic E-state index is 12.9. The minimum absolute atomic E-state index is 0.0377. The van der Waals surface area contributed by atoms with Crippen molar-refractivity contribution in [1.82, 2.24) is 4.98 Å². The molecule has 7 heteroatoms. The van der Waals surface area contributed by atoms with E-state index in [4.69, 9.17) is 0 Å². The highest BCUT2D eigenvalue weighted by Gasteiger charge is 2.21. The third-order valence-corrected chi connectivity index (χ3v) is 3.10. The van der Waals surface area contributed by atoms with Crippen molar-refractivity contribution in [2.45, 2.75) is 18.2 Å². The molecule has 1 rings (SSSR count). The van der Waals surface area contributed by atoms with Crippen molar-refractivity contribution in [2.24, 2.45) is 0 Å². The van der Waals surface area contributed by atoms with Crippen LogP contribution in [0.3, 0.4) is 0 Å². The van der Waals surface area contributed by atoms with Gasteiger partial charge >= 0.3 is 5.97 Å². The maximum Gasteiger partial charge on any atom is 0.311 e. The minimum atomic E-state index is -2.68. The normalized spacial score (nSPS) is 10.7. The van der Waals surface area contributed by atoms with E-state index in [0.29, 0.717) is 10.2 Å². The molecule has 0 saturated heterocycles. The first-order chi connectivity index (χ1) is 7.99. The Labute approximate surface area is 114 Å². The Morgan fingerprint density at radius 2 is 2.24 bits per heavy atom. The first-order valence-electron chi connectivity index (χ1n) is 4.58. The molecule has 0 amide bonds. The fourth-order valence-corrected chi connectivity index (χ4v) is 2.30. The number of alkyl halides is 3. The quantitative estimate of drug-likeness (QED) is 0.462. The summed E-state index contributed by atoms with van der Waals surface area (Å²) in [6.07, 6.45) is -2.95. The molecule has 0 aliphatic heterocycles. The fraction of sp³-hybridized carbons (Fsp3) is 0.400. The molecular weight excluding hydrogens is 364 g/mol. The Balaban J connectivity index is 3.25. The van der Waals surface area contributed by atoms with E-state index < -0.39 is 12.4 Å². The van der Waals surface area contributed by atoms with Crippen molar-refractivity contribution in [3.63, 3.8) is 0 Å². The minimum Gasteiger partial charge on any atom is -0.469 e. The highest BCUT2D eigenvalue weighted by Crippen LogP contribution is 2.29. The fourth-order valence-electron chi connectivity index (χ4n) is 1.35. The molecule has 0 spiro atoms. The lowest BCUT2D eigenvalue weighted by Crippen LogP contribution is -2.11. The smallest absolute Gasteiger partial charge is 0.311 e. The van der Waals surface area contributed by atoms with E-state index in [1.807, 2.05) is 0 Å². The standard InChI is InChI=1S/C10H9Br2F2NO2/c1-17-8(16)3-6-9(10(13)14)5(4-11)2-7(12)15-6/h2,10H,3-4H2,1H3. The second-order valence-corrected chi connectivity index (χ2v) is 4.52. The zero-order valence-corrected chi connectivity index (χ0v) is 12.0. The van der Waals surface area contributed by atoms with Gasteiger partial charge in [0.15, 0.2) is 0 Å². The van der Waals surface area contributed by atoms with E-state index in [1.165, 1.54) is 13.2 Å². The van der Waals surface area contributed by atoms with Crippen LogP contribution in [0, 0.1) is 0 Å². The Kier molecular flexibility index (Phi) is 5.45. The van der Waals surface area contributed by atoms with Gasteiger partial charge in [-0.15, -0.1) is 0 Å². The van der Waals surface area contributed by atoms with Gasteiger partial charge in [-0.25, -0.2) is 13.8 Å². The molecule has 0 N–H and O–H groups in total. The molecule has 1 aromatic rings. The molecule has 17 heavy (non-hydrogen) atoms. The third kappa shape index (κ3) is 3.70. The van der Waals surface area contributed by atoms with Crippen LogP contribution in [0.15, 0.2) is 10.7 Å². The van der Waals surface area contributed by atoms with Crippen molar-refractivity contribution < 1.29 is 18.3 Å². The molecule has 0 aliphatic carbocycles. The summed E-state index contributed by atoms with van der Waals surface area (Å²) in [4.78, 5) is 15.0. The number of hydrogen-bond donors (Lipinski definition) is 0. The number of nitrogens with zero attached hydrogens (tertiary/aromatic N) is 1. The second kappa shape index (κ2) is 6.39. The molecular formula is C10H9Br2F2NO2. The lowest BCUT2D eigenvalue weighted by Gasteiger charge is -2.12. The van der Waals surface area contributed by atoms with E-state index in [1.54, 1.807) is 0 Å². The highest BCUT2D eigenvalue weighted by molar-refractivity contribution is 9.10. The average Bonchev–Trinajstić information content (AvgIpc) is 2.27. The topological polar surface area (TPSA) is 39.2 Å². The van der Waals surface area contributed by atoms with Gasteiger partial charge in [-0.1, -0.05) is 15.9 Å².